The first-order valence-electron chi connectivity index (χ1n) is 13.4. The van der Waals surface area contributed by atoms with Gasteiger partial charge in [-0.2, -0.15) is 18.4 Å². The Morgan fingerprint density at radius 3 is 2.55 bits per heavy atom. The summed E-state index contributed by atoms with van der Waals surface area (Å²) in [6.45, 7) is 3.14. The summed E-state index contributed by atoms with van der Waals surface area (Å²) in [5.41, 5.74) is 8.81. The maximum atomic E-state index is 12.7. The van der Waals surface area contributed by atoms with Crippen LogP contribution in [0.25, 0.3) is 0 Å². The Morgan fingerprint density at radius 2 is 1.88 bits per heavy atom. The summed E-state index contributed by atoms with van der Waals surface area (Å²) in [4.78, 5) is 12.1. The molecule has 1 saturated carbocycles. The Kier molecular flexibility index (Phi) is 7.38. The van der Waals surface area contributed by atoms with Gasteiger partial charge in [0.1, 0.15) is 11.9 Å². The molecule has 13 heteroatoms. The number of anilines is 1. The van der Waals surface area contributed by atoms with Gasteiger partial charge < -0.3 is 9.64 Å². The molecule has 0 radical (unpaired) electrons. The molecule has 4 unspecified atom stereocenters. The average molecular weight is 596 g/mol. The predicted octanol–water partition coefficient (Wildman–Crippen LogP) is 4.80. The number of alkyl halides is 3. The first-order valence-corrected chi connectivity index (χ1v) is 14.2. The van der Waals surface area contributed by atoms with Crippen LogP contribution in [0, 0.1) is 22.7 Å². The maximum Gasteiger partial charge on any atom is 0.401 e. The second-order valence-electron chi connectivity index (χ2n) is 11.6. The Balaban J connectivity index is 1.10. The molecule has 8 nitrogen and oxygen atoms in total. The van der Waals surface area contributed by atoms with E-state index < -0.39 is 12.7 Å². The third-order valence-corrected chi connectivity index (χ3v) is 9.24. The molecule has 2 N–H and O–H groups in total. The third kappa shape index (κ3) is 5.38. The molecule has 4 aliphatic rings. The van der Waals surface area contributed by atoms with E-state index in [4.69, 9.17) is 27.9 Å². The lowest BCUT2D eigenvalue weighted by Gasteiger charge is -2.60. The van der Waals surface area contributed by atoms with Crippen LogP contribution in [0.3, 0.4) is 0 Å². The average Bonchev–Trinajstić information content (AvgIpc) is 3.27. The number of rotatable bonds is 6. The Morgan fingerprint density at radius 1 is 1.15 bits per heavy atom. The van der Waals surface area contributed by atoms with E-state index >= 15 is 0 Å². The molecule has 2 aromatic heterocycles. The van der Waals surface area contributed by atoms with Crippen molar-refractivity contribution in [3.63, 3.8) is 0 Å². The summed E-state index contributed by atoms with van der Waals surface area (Å²) < 4.78 is 44.4. The van der Waals surface area contributed by atoms with Gasteiger partial charge in [-0.25, -0.2) is 10.4 Å². The highest BCUT2D eigenvalue weighted by Crippen LogP contribution is 2.45. The number of nitriles is 1. The lowest BCUT2D eigenvalue weighted by molar-refractivity contribution is -0.172. The molecule has 0 amide bonds. The lowest BCUT2D eigenvalue weighted by Crippen LogP contribution is -2.73. The molecule has 0 bridgehead atoms. The molecular formula is C27H30Cl2F3N7O. The van der Waals surface area contributed by atoms with Gasteiger partial charge >= 0.3 is 6.18 Å². The van der Waals surface area contributed by atoms with Gasteiger partial charge in [0.2, 0.25) is 0 Å². The van der Waals surface area contributed by atoms with Crippen molar-refractivity contribution in [2.24, 2.45) is 11.3 Å². The van der Waals surface area contributed by atoms with Crippen molar-refractivity contribution >= 4 is 29.0 Å². The minimum absolute atomic E-state index is 0.0140. The minimum atomic E-state index is -4.18. The molecule has 1 spiro atoms. The van der Waals surface area contributed by atoms with E-state index in [1.165, 1.54) is 4.90 Å². The molecule has 1 aliphatic carbocycles. The van der Waals surface area contributed by atoms with E-state index in [1.54, 1.807) is 12.4 Å². The summed E-state index contributed by atoms with van der Waals surface area (Å²) in [5, 5.41) is 10.9. The fourth-order valence-electron chi connectivity index (χ4n) is 7.00. The molecule has 3 aliphatic heterocycles. The van der Waals surface area contributed by atoms with Gasteiger partial charge in [-0.1, -0.05) is 23.2 Å². The Hall–Kier alpha value is -2.20. The van der Waals surface area contributed by atoms with E-state index in [9.17, 15) is 18.4 Å². The van der Waals surface area contributed by atoms with Crippen LogP contribution in [0.4, 0.5) is 19.0 Å². The molecule has 40 heavy (non-hydrogen) atoms. The smallest absolute Gasteiger partial charge is 0.370 e. The normalized spacial score (nSPS) is 28.5. The van der Waals surface area contributed by atoms with Gasteiger partial charge in [0.05, 0.1) is 40.4 Å². The summed E-state index contributed by atoms with van der Waals surface area (Å²) >= 11 is 12.7. The Labute approximate surface area is 240 Å². The molecule has 214 valence electrons. The molecule has 5 heterocycles. The van der Waals surface area contributed by atoms with E-state index in [-0.39, 0.29) is 35.6 Å². The van der Waals surface area contributed by atoms with Crippen LogP contribution < -0.4 is 15.8 Å². The number of likely N-dealkylation sites (tertiary alicyclic amines) is 1. The van der Waals surface area contributed by atoms with Crippen LogP contribution in [0.1, 0.15) is 55.0 Å². The number of pyridine rings is 2. The van der Waals surface area contributed by atoms with E-state index in [2.05, 4.69) is 26.9 Å². The van der Waals surface area contributed by atoms with E-state index in [1.807, 2.05) is 24.1 Å². The molecular weight excluding hydrogens is 566 g/mol. The van der Waals surface area contributed by atoms with Crippen LogP contribution in [0.15, 0.2) is 24.7 Å². The second-order valence-corrected chi connectivity index (χ2v) is 12.4. The van der Waals surface area contributed by atoms with E-state index in [0.29, 0.717) is 47.6 Å². The minimum Gasteiger partial charge on any atom is -0.370 e. The molecule has 5 atom stereocenters. The third-order valence-electron chi connectivity index (χ3n) is 8.64. The molecule has 4 fully saturated rings. The van der Waals surface area contributed by atoms with Gasteiger partial charge in [-0.15, -0.1) is 0 Å². The van der Waals surface area contributed by atoms with Gasteiger partial charge in [-0.3, -0.25) is 15.3 Å². The van der Waals surface area contributed by atoms with Crippen molar-refractivity contribution in [1.29, 1.82) is 5.26 Å². The standard InChI is InChI=1S/C27H30Cl2F3N7O/c1-15(23-20(28)8-34-9-21(23)29)40-18-2-3-22-19(5-18)24(37-36-22)17-4-16(6-33)25(35-7-17)39-12-26(13-39)10-38(11-26)14-27(30,31)32/h4,7-9,15,18-19,22,24,36-37H,2-3,5,10-14H2,1H3/t15-,18?,19?,22?,24?/m1/s1. The first kappa shape index (κ1) is 27.9. The fourth-order valence-corrected chi connectivity index (χ4v) is 7.67. The number of hydrazine groups is 1. The first-order chi connectivity index (χ1) is 19.0. The van der Waals surface area contributed by atoms with Crippen LogP contribution in [0.5, 0.6) is 0 Å². The van der Waals surface area contributed by atoms with Crippen molar-refractivity contribution in [3.8, 4) is 6.07 Å². The van der Waals surface area contributed by atoms with Crippen LogP contribution >= 0.6 is 23.2 Å². The van der Waals surface area contributed by atoms with Gasteiger partial charge in [-0.05, 0) is 43.7 Å². The number of hydrogen-bond acceptors (Lipinski definition) is 8. The number of ether oxygens (including phenoxy) is 1. The highest BCUT2D eigenvalue weighted by atomic mass is 35.5. The quantitative estimate of drug-likeness (QED) is 0.492. The Bertz CT molecular complexity index is 1290. The van der Waals surface area contributed by atoms with Crippen LogP contribution in [-0.2, 0) is 4.74 Å². The summed E-state index contributed by atoms with van der Waals surface area (Å²) in [6, 6.07) is 4.39. The zero-order valence-electron chi connectivity index (χ0n) is 21.9. The van der Waals surface area contributed by atoms with Crippen molar-refractivity contribution < 1.29 is 17.9 Å². The number of fused-ring (bicyclic) bond motifs is 1. The maximum absolute atomic E-state index is 12.7. The van der Waals surface area contributed by atoms with Gasteiger partial charge in [0, 0.05) is 61.8 Å². The fraction of sp³-hybridized carbons (Fsp3) is 0.593. The number of nitrogens with zero attached hydrogens (tertiary/aromatic N) is 5. The molecule has 2 aromatic rings. The molecule has 0 aromatic carbocycles. The molecule has 6 rings (SSSR count). The highest BCUT2D eigenvalue weighted by Gasteiger charge is 2.54. The van der Waals surface area contributed by atoms with Crippen molar-refractivity contribution in [1.82, 2.24) is 25.7 Å². The number of halogens is 5. The van der Waals surface area contributed by atoms with Crippen molar-refractivity contribution in [2.75, 3.05) is 37.6 Å². The van der Waals surface area contributed by atoms with Crippen LogP contribution in [-0.4, -0.2) is 65.9 Å². The van der Waals surface area contributed by atoms with Crippen LogP contribution in [0.2, 0.25) is 10.0 Å². The summed E-state index contributed by atoms with van der Waals surface area (Å²) in [5.74, 6) is 0.828. The monoisotopic (exact) mass is 595 g/mol. The number of nitrogens with one attached hydrogen (secondary N) is 2. The zero-order chi connectivity index (χ0) is 28.2. The summed E-state index contributed by atoms with van der Waals surface area (Å²) in [6.07, 6.45) is 3.13. The predicted molar refractivity (Wildman–Crippen MR) is 144 cm³/mol. The highest BCUT2D eigenvalue weighted by molar-refractivity contribution is 6.35. The number of hydrogen-bond donors (Lipinski definition) is 2. The SMILES string of the molecule is C[C@@H](OC1CCC2NNC(c3cnc(N4CC5(CN(CC(F)(F)F)C5)C4)c(C#N)c3)C2C1)c1c(Cl)cncc1Cl. The van der Waals surface area contributed by atoms with Crippen molar-refractivity contribution in [3.05, 3.63) is 51.4 Å². The summed E-state index contributed by atoms with van der Waals surface area (Å²) in [7, 11) is 0. The molecule has 3 saturated heterocycles. The second kappa shape index (κ2) is 10.6. The van der Waals surface area contributed by atoms with Gasteiger partial charge in [0.25, 0.3) is 0 Å². The van der Waals surface area contributed by atoms with E-state index in [0.717, 1.165) is 30.4 Å². The lowest BCUT2D eigenvalue weighted by atomic mass is 9.72. The zero-order valence-corrected chi connectivity index (χ0v) is 23.4. The largest absolute Gasteiger partial charge is 0.401 e. The van der Waals surface area contributed by atoms with Gasteiger partial charge in [0.15, 0.2) is 0 Å². The number of aromatic nitrogens is 2. The van der Waals surface area contributed by atoms with Crippen molar-refractivity contribution in [2.45, 2.75) is 56.7 Å². The topological polar surface area (TPSA) is 89.3 Å².